The van der Waals surface area contributed by atoms with E-state index in [0.717, 1.165) is 37.0 Å². The first-order chi connectivity index (χ1) is 11.7. The van der Waals surface area contributed by atoms with E-state index in [0.29, 0.717) is 6.61 Å². The highest BCUT2D eigenvalue weighted by Gasteiger charge is 2.04. The Morgan fingerprint density at radius 3 is 2.42 bits per heavy atom. The molecule has 0 atom stereocenters. The Labute approximate surface area is 160 Å². The molecule has 24 heavy (non-hydrogen) atoms. The van der Waals surface area contributed by atoms with Gasteiger partial charge in [-0.05, 0) is 41.5 Å². The maximum Gasteiger partial charge on any atom is 0.120 e. The molecule has 0 amide bonds. The summed E-state index contributed by atoms with van der Waals surface area (Å²) in [6.07, 6.45) is 0. The highest BCUT2D eigenvalue weighted by molar-refractivity contribution is 9.08. The maximum atomic E-state index is 6.28. The molecular weight excluding hydrogens is 404 g/mol. The number of hydrogen-bond donors (Lipinski definition) is 0. The second kappa shape index (κ2) is 8.61. The molecule has 0 saturated carbocycles. The summed E-state index contributed by atoms with van der Waals surface area (Å²) in [5, 5.41) is 1.55. The van der Waals surface area contributed by atoms with Crippen molar-refractivity contribution in [3.05, 3.63) is 88.9 Å². The van der Waals surface area contributed by atoms with Crippen LogP contribution in [-0.2, 0) is 11.9 Å². The Hall–Kier alpha value is -1.42. The van der Waals surface area contributed by atoms with Gasteiger partial charge in [-0.15, -0.1) is 0 Å². The van der Waals surface area contributed by atoms with Crippen molar-refractivity contribution >= 4 is 39.3 Å². The summed E-state index contributed by atoms with van der Waals surface area (Å²) in [7, 11) is 0. The highest BCUT2D eigenvalue weighted by atomic mass is 79.9. The molecule has 122 valence electrons. The fraction of sp³-hybridized carbons (Fsp3) is 0.100. The predicted molar refractivity (Wildman–Crippen MR) is 105 cm³/mol. The van der Waals surface area contributed by atoms with Crippen LogP contribution in [0.4, 0.5) is 0 Å². The molecule has 1 nitrogen and oxygen atoms in total. The molecule has 0 unspecified atom stereocenters. The normalized spacial score (nSPS) is 10.6. The maximum absolute atomic E-state index is 6.28. The monoisotopic (exact) mass is 418 g/mol. The quantitative estimate of drug-likeness (QED) is 0.399. The van der Waals surface area contributed by atoms with Gasteiger partial charge in [0, 0.05) is 20.1 Å². The molecule has 3 rings (SSSR count). The van der Waals surface area contributed by atoms with Gasteiger partial charge in [0.25, 0.3) is 0 Å². The highest BCUT2D eigenvalue weighted by Crippen LogP contribution is 2.33. The Morgan fingerprint density at radius 2 is 1.67 bits per heavy atom. The molecule has 0 saturated heterocycles. The molecule has 4 heteroatoms. The van der Waals surface area contributed by atoms with E-state index >= 15 is 0 Å². The van der Waals surface area contributed by atoms with Crippen LogP contribution in [-0.4, -0.2) is 0 Å². The van der Waals surface area contributed by atoms with Crippen LogP contribution in [0.25, 0.3) is 0 Å². The van der Waals surface area contributed by atoms with Crippen LogP contribution >= 0.6 is 39.3 Å². The zero-order valence-corrected chi connectivity index (χ0v) is 16.1. The van der Waals surface area contributed by atoms with Gasteiger partial charge in [-0.3, -0.25) is 0 Å². The molecule has 0 aliphatic rings. The van der Waals surface area contributed by atoms with E-state index < -0.39 is 0 Å². The third-order valence-electron chi connectivity index (χ3n) is 3.46. The minimum atomic E-state index is 0.570. The number of rotatable bonds is 6. The van der Waals surface area contributed by atoms with Gasteiger partial charge in [-0.1, -0.05) is 81.8 Å². The molecule has 0 fully saturated rings. The average molecular weight is 420 g/mol. The third kappa shape index (κ3) is 4.79. The minimum absolute atomic E-state index is 0.570. The van der Waals surface area contributed by atoms with Crippen molar-refractivity contribution in [2.45, 2.75) is 21.7 Å². The Morgan fingerprint density at radius 1 is 0.875 bits per heavy atom. The lowest BCUT2D eigenvalue weighted by molar-refractivity contribution is 0.305. The van der Waals surface area contributed by atoms with E-state index in [4.69, 9.17) is 16.3 Å². The second-order valence-electron chi connectivity index (χ2n) is 5.24. The van der Waals surface area contributed by atoms with E-state index in [2.05, 4.69) is 52.3 Å². The summed E-state index contributed by atoms with van der Waals surface area (Å²) in [6.45, 7) is 0.570. The molecule has 0 aliphatic heterocycles. The Balaban J connectivity index is 1.67. The van der Waals surface area contributed by atoms with E-state index in [1.807, 2.05) is 36.4 Å². The third-order valence-corrected chi connectivity index (χ3v) is 5.39. The number of benzene rings is 3. The molecular formula is C20H16BrClOS. The summed E-state index contributed by atoms with van der Waals surface area (Å²) in [4.78, 5) is 2.24. The van der Waals surface area contributed by atoms with Crippen LogP contribution in [0.15, 0.2) is 82.6 Å². The van der Waals surface area contributed by atoms with Gasteiger partial charge in [0.2, 0.25) is 0 Å². The average Bonchev–Trinajstić information content (AvgIpc) is 2.61. The van der Waals surface area contributed by atoms with E-state index in [1.54, 1.807) is 11.8 Å². The Kier molecular flexibility index (Phi) is 6.24. The van der Waals surface area contributed by atoms with Gasteiger partial charge in [0.15, 0.2) is 0 Å². The zero-order chi connectivity index (χ0) is 16.8. The molecule has 0 heterocycles. The molecule has 0 radical (unpaired) electrons. The number of ether oxygens (including phenoxy) is 1. The van der Waals surface area contributed by atoms with Crippen LogP contribution in [0.5, 0.6) is 5.75 Å². The van der Waals surface area contributed by atoms with E-state index in [9.17, 15) is 0 Å². The van der Waals surface area contributed by atoms with Gasteiger partial charge < -0.3 is 4.74 Å². The summed E-state index contributed by atoms with van der Waals surface area (Å²) in [5.41, 5.74) is 2.26. The fourth-order valence-electron chi connectivity index (χ4n) is 2.20. The topological polar surface area (TPSA) is 9.23 Å². The summed E-state index contributed by atoms with van der Waals surface area (Å²) >= 11 is 11.4. The largest absolute Gasteiger partial charge is 0.489 e. The van der Waals surface area contributed by atoms with Crippen molar-refractivity contribution in [3.8, 4) is 5.75 Å². The SMILES string of the molecule is Clc1cc(Sc2cccc(OCc3ccccc3)c2)ccc1CBr. The summed E-state index contributed by atoms with van der Waals surface area (Å²) in [5.74, 6) is 0.868. The van der Waals surface area contributed by atoms with Crippen molar-refractivity contribution in [2.24, 2.45) is 0 Å². The van der Waals surface area contributed by atoms with Gasteiger partial charge in [-0.2, -0.15) is 0 Å². The van der Waals surface area contributed by atoms with Gasteiger partial charge in [-0.25, -0.2) is 0 Å². The van der Waals surface area contributed by atoms with Gasteiger partial charge in [0.1, 0.15) is 12.4 Å². The van der Waals surface area contributed by atoms with Crippen molar-refractivity contribution in [1.29, 1.82) is 0 Å². The first-order valence-electron chi connectivity index (χ1n) is 7.53. The fourth-order valence-corrected chi connectivity index (χ4v) is 4.07. The lowest BCUT2D eigenvalue weighted by atomic mass is 10.2. The molecule has 0 spiro atoms. The standard InChI is InChI=1S/C20H16BrClOS/c21-13-16-9-10-19(12-20(16)22)24-18-8-4-7-17(11-18)23-14-15-5-2-1-3-6-15/h1-12H,13-14H2. The van der Waals surface area contributed by atoms with Gasteiger partial charge in [0.05, 0.1) is 0 Å². The van der Waals surface area contributed by atoms with Crippen LogP contribution in [0.3, 0.4) is 0 Å². The lowest BCUT2D eigenvalue weighted by Crippen LogP contribution is -1.94. The number of halogens is 2. The summed E-state index contributed by atoms with van der Waals surface area (Å²) in [6, 6.07) is 24.4. The molecule has 0 bridgehead atoms. The van der Waals surface area contributed by atoms with Crippen LogP contribution in [0, 0.1) is 0 Å². The van der Waals surface area contributed by atoms with Crippen molar-refractivity contribution in [2.75, 3.05) is 0 Å². The minimum Gasteiger partial charge on any atom is -0.489 e. The van der Waals surface area contributed by atoms with Crippen molar-refractivity contribution < 1.29 is 4.74 Å². The molecule has 3 aromatic rings. The van der Waals surface area contributed by atoms with Crippen molar-refractivity contribution in [1.82, 2.24) is 0 Å². The summed E-state index contributed by atoms with van der Waals surface area (Å²) < 4.78 is 5.89. The first kappa shape index (κ1) is 17.4. The number of hydrogen-bond acceptors (Lipinski definition) is 2. The molecule has 0 aromatic heterocycles. The zero-order valence-electron chi connectivity index (χ0n) is 12.9. The van der Waals surface area contributed by atoms with Crippen molar-refractivity contribution in [3.63, 3.8) is 0 Å². The Bertz CT molecular complexity index is 808. The smallest absolute Gasteiger partial charge is 0.120 e. The first-order valence-corrected chi connectivity index (χ1v) is 9.85. The van der Waals surface area contributed by atoms with Crippen LogP contribution in [0.2, 0.25) is 5.02 Å². The van der Waals surface area contributed by atoms with Gasteiger partial charge >= 0.3 is 0 Å². The second-order valence-corrected chi connectivity index (χ2v) is 7.35. The van der Waals surface area contributed by atoms with E-state index in [1.165, 1.54) is 0 Å². The molecule has 3 aromatic carbocycles. The van der Waals surface area contributed by atoms with Crippen LogP contribution in [0.1, 0.15) is 11.1 Å². The number of alkyl halides is 1. The predicted octanol–water partition coefficient (Wildman–Crippen LogP) is 6.97. The van der Waals surface area contributed by atoms with E-state index in [-0.39, 0.29) is 0 Å². The lowest BCUT2D eigenvalue weighted by Gasteiger charge is -2.09. The molecule has 0 N–H and O–H groups in total. The molecule has 0 aliphatic carbocycles. The van der Waals surface area contributed by atoms with Crippen LogP contribution < -0.4 is 4.74 Å².